The van der Waals surface area contributed by atoms with Crippen molar-refractivity contribution >= 4 is 30.7 Å². The molecule has 0 aromatic carbocycles. The molecule has 0 spiro atoms. The summed E-state index contributed by atoms with van der Waals surface area (Å²) >= 11 is 0. The number of carbonyl (C=O) groups is 1. The van der Waals surface area contributed by atoms with Crippen LogP contribution in [0.3, 0.4) is 0 Å². The molecule has 5 nitrogen and oxygen atoms in total. The molecule has 0 aromatic heterocycles. The average Bonchev–Trinajstić information content (AvgIpc) is 2.46. The topological polar surface area (TPSA) is 44.8 Å². The molecule has 23 heavy (non-hydrogen) atoms. The Morgan fingerprint density at radius 1 is 1.17 bits per heavy atom. The van der Waals surface area contributed by atoms with Crippen LogP contribution < -0.4 is 5.32 Å². The molecule has 2 fully saturated rings. The molecule has 138 valence electrons. The summed E-state index contributed by atoms with van der Waals surface area (Å²) in [5.74, 6) is 0.272. The van der Waals surface area contributed by atoms with Crippen LogP contribution in [0.2, 0.25) is 0 Å². The summed E-state index contributed by atoms with van der Waals surface area (Å²) < 4.78 is 5.41. The molecule has 0 saturated carbocycles. The molecule has 2 aliphatic rings. The third kappa shape index (κ3) is 8.54. The van der Waals surface area contributed by atoms with Crippen molar-refractivity contribution in [1.29, 1.82) is 0 Å². The van der Waals surface area contributed by atoms with Crippen LogP contribution in [0, 0.1) is 5.41 Å². The van der Waals surface area contributed by atoms with Crippen LogP contribution in [0.25, 0.3) is 0 Å². The standard InChI is InChI=1S/C16H31N3O2.2ClH/c1-16(2,3)4-6-18-7-9-19(10-8-18)15(20)12-14-13-21-11-5-17-14;;/h14,17H,4-13H2,1-3H3;2*1H. The average molecular weight is 370 g/mol. The van der Waals surface area contributed by atoms with Gasteiger partial charge >= 0.3 is 0 Å². The Kier molecular flexibility index (Phi) is 10.7. The molecule has 1 atom stereocenters. The second kappa shape index (κ2) is 10.7. The first kappa shape index (κ1) is 22.9. The maximum Gasteiger partial charge on any atom is 0.224 e. The van der Waals surface area contributed by atoms with E-state index in [0.717, 1.165) is 45.9 Å². The summed E-state index contributed by atoms with van der Waals surface area (Å²) in [6.45, 7) is 14.0. The zero-order valence-corrected chi connectivity index (χ0v) is 16.3. The smallest absolute Gasteiger partial charge is 0.224 e. The van der Waals surface area contributed by atoms with Gasteiger partial charge in [-0.05, 0) is 18.4 Å². The van der Waals surface area contributed by atoms with Crippen LogP contribution in [0.4, 0.5) is 0 Å². The first-order chi connectivity index (χ1) is 9.94. The summed E-state index contributed by atoms with van der Waals surface area (Å²) in [6.07, 6.45) is 1.78. The summed E-state index contributed by atoms with van der Waals surface area (Å²) in [7, 11) is 0. The molecule has 0 radical (unpaired) electrons. The molecule has 1 N–H and O–H groups in total. The van der Waals surface area contributed by atoms with Gasteiger partial charge in [-0.3, -0.25) is 9.69 Å². The molecular weight excluding hydrogens is 337 g/mol. The summed E-state index contributed by atoms with van der Waals surface area (Å²) in [5.41, 5.74) is 0.388. The molecule has 2 rings (SSSR count). The first-order valence-corrected chi connectivity index (χ1v) is 8.25. The second-order valence-corrected chi connectivity index (χ2v) is 7.46. The number of carbonyl (C=O) groups excluding carboxylic acids is 1. The first-order valence-electron chi connectivity index (χ1n) is 8.25. The molecule has 0 bridgehead atoms. The van der Waals surface area contributed by atoms with Crippen molar-refractivity contribution in [3.8, 4) is 0 Å². The molecule has 2 saturated heterocycles. The lowest BCUT2D eigenvalue weighted by molar-refractivity contribution is -0.134. The number of hydrogen-bond acceptors (Lipinski definition) is 4. The van der Waals surface area contributed by atoms with Crippen LogP contribution in [0.5, 0.6) is 0 Å². The maximum absolute atomic E-state index is 12.3. The molecule has 0 aliphatic carbocycles. The highest BCUT2D eigenvalue weighted by Crippen LogP contribution is 2.19. The molecule has 7 heteroatoms. The van der Waals surface area contributed by atoms with Crippen LogP contribution in [0.15, 0.2) is 0 Å². The van der Waals surface area contributed by atoms with E-state index < -0.39 is 0 Å². The molecule has 0 aromatic rings. The number of piperazine rings is 1. The normalized spacial score (nSPS) is 22.9. The van der Waals surface area contributed by atoms with Crippen molar-refractivity contribution in [3.05, 3.63) is 0 Å². The van der Waals surface area contributed by atoms with Crippen LogP contribution in [-0.2, 0) is 9.53 Å². The largest absolute Gasteiger partial charge is 0.378 e. The van der Waals surface area contributed by atoms with Gasteiger partial charge in [-0.1, -0.05) is 20.8 Å². The Balaban J connectivity index is 0.00000242. The van der Waals surface area contributed by atoms with Crippen molar-refractivity contribution in [2.24, 2.45) is 5.41 Å². The van der Waals surface area contributed by atoms with Crippen molar-refractivity contribution in [2.75, 3.05) is 52.5 Å². The zero-order valence-electron chi connectivity index (χ0n) is 14.7. The molecule has 1 amide bonds. The minimum absolute atomic E-state index is 0. The minimum Gasteiger partial charge on any atom is -0.378 e. The third-order valence-corrected chi connectivity index (χ3v) is 4.32. The number of hydrogen-bond donors (Lipinski definition) is 1. The fourth-order valence-corrected chi connectivity index (χ4v) is 2.81. The van der Waals surface area contributed by atoms with E-state index >= 15 is 0 Å². The predicted molar refractivity (Wildman–Crippen MR) is 98.8 cm³/mol. The predicted octanol–water partition coefficient (Wildman–Crippen LogP) is 1.79. The van der Waals surface area contributed by atoms with Gasteiger partial charge in [0.2, 0.25) is 5.91 Å². The van der Waals surface area contributed by atoms with Crippen LogP contribution in [0.1, 0.15) is 33.6 Å². The van der Waals surface area contributed by atoms with Crippen molar-refractivity contribution < 1.29 is 9.53 Å². The van der Waals surface area contributed by atoms with Gasteiger partial charge in [-0.25, -0.2) is 0 Å². The van der Waals surface area contributed by atoms with Gasteiger partial charge in [0.05, 0.1) is 13.2 Å². The van der Waals surface area contributed by atoms with E-state index in [4.69, 9.17) is 4.74 Å². The number of halogens is 2. The number of nitrogens with one attached hydrogen (secondary N) is 1. The monoisotopic (exact) mass is 369 g/mol. The van der Waals surface area contributed by atoms with Gasteiger partial charge in [-0.2, -0.15) is 0 Å². The Morgan fingerprint density at radius 3 is 2.35 bits per heavy atom. The molecule has 1 unspecified atom stereocenters. The Morgan fingerprint density at radius 2 is 1.83 bits per heavy atom. The molecule has 2 aliphatic heterocycles. The highest BCUT2D eigenvalue weighted by Gasteiger charge is 2.25. The van der Waals surface area contributed by atoms with E-state index in [0.29, 0.717) is 18.4 Å². The zero-order chi connectivity index (χ0) is 15.3. The Labute approximate surface area is 153 Å². The Bertz CT molecular complexity index is 337. The minimum atomic E-state index is 0. The van der Waals surface area contributed by atoms with Gasteiger partial charge in [-0.15, -0.1) is 24.8 Å². The summed E-state index contributed by atoms with van der Waals surface area (Å²) in [5, 5.41) is 3.35. The van der Waals surface area contributed by atoms with Gasteiger partial charge in [0.15, 0.2) is 0 Å². The van der Waals surface area contributed by atoms with Crippen molar-refractivity contribution in [3.63, 3.8) is 0 Å². The van der Waals surface area contributed by atoms with Gasteiger partial charge in [0, 0.05) is 45.2 Å². The lowest BCUT2D eigenvalue weighted by Crippen LogP contribution is -2.51. The maximum atomic E-state index is 12.3. The fraction of sp³-hybridized carbons (Fsp3) is 0.938. The fourth-order valence-electron chi connectivity index (χ4n) is 2.81. The quantitative estimate of drug-likeness (QED) is 0.820. The van der Waals surface area contributed by atoms with Gasteiger partial charge in [0.1, 0.15) is 0 Å². The summed E-state index contributed by atoms with van der Waals surface area (Å²) in [6, 6.07) is 0.199. The molecule has 2 heterocycles. The number of nitrogens with zero attached hydrogens (tertiary/aromatic N) is 2. The van der Waals surface area contributed by atoms with E-state index in [9.17, 15) is 4.79 Å². The van der Waals surface area contributed by atoms with E-state index in [2.05, 4.69) is 31.0 Å². The number of morpholine rings is 1. The second-order valence-electron chi connectivity index (χ2n) is 7.46. The number of rotatable bonds is 4. The molecular formula is C16H33Cl2N3O2. The van der Waals surface area contributed by atoms with E-state index in [1.165, 1.54) is 6.42 Å². The summed E-state index contributed by atoms with van der Waals surface area (Å²) in [4.78, 5) is 16.8. The highest BCUT2D eigenvalue weighted by molar-refractivity contribution is 5.85. The van der Waals surface area contributed by atoms with Crippen LogP contribution in [-0.4, -0.2) is 74.2 Å². The van der Waals surface area contributed by atoms with Crippen molar-refractivity contribution in [2.45, 2.75) is 39.7 Å². The van der Waals surface area contributed by atoms with Crippen molar-refractivity contribution in [1.82, 2.24) is 15.1 Å². The van der Waals surface area contributed by atoms with Gasteiger partial charge in [0.25, 0.3) is 0 Å². The highest BCUT2D eigenvalue weighted by atomic mass is 35.5. The van der Waals surface area contributed by atoms with E-state index in [-0.39, 0.29) is 36.8 Å². The Hall–Kier alpha value is -0.0700. The third-order valence-electron chi connectivity index (χ3n) is 4.32. The lowest BCUT2D eigenvalue weighted by atomic mass is 9.92. The van der Waals surface area contributed by atoms with E-state index in [1.54, 1.807) is 0 Å². The van der Waals surface area contributed by atoms with Crippen LogP contribution >= 0.6 is 24.8 Å². The SMILES string of the molecule is CC(C)(C)CCN1CCN(C(=O)CC2COCCN2)CC1.Cl.Cl. The van der Waals surface area contributed by atoms with Gasteiger partial charge < -0.3 is 15.0 Å². The van der Waals surface area contributed by atoms with E-state index in [1.807, 2.05) is 4.90 Å². The lowest BCUT2D eigenvalue weighted by Gasteiger charge is -2.36. The number of ether oxygens (including phenoxy) is 1. The number of amides is 1.